The van der Waals surface area contributed by atoms with Crippen molar-refractivity contribution in [3.63, 3.8) is 0 Å². The molecule has 0 fully saturated rings. The van der Waals surface area contributed by atoms with E-state index in [0.717, 1.165) is 6.54 Å². The fourth-order valence-corrected chi connectivity index (χ4v) is 0.899. The molecule has 76 valence electrons. The van der Waals surface area contributed by atoms with Crippen molar-refractivity contribution in [1.29, 1.82) is 0 Å². The molecule has 13 heavy (non-hydrogen) atoms. The molecule has 0 aliphatic rings. The second-order valence-electron chi connectivity index (χ2n) is 2.76. The van der Waals surface area contributed by atoms with Crippen LogP contribution in [0.15, 0.2) is 0 Å². The summed E-state index contributed by atoms with van der Waals surface area (Å²) in [6.07, 6.45) is 0.296. The third-order valence-corrected chi connectivity index (χ3v) is 1.77. The van der Waals surface area contributed by atoms with Gasteiger partial charge in [-0.1, -0.05) is 6.92 Å². The van der Waals surface area contributed by atoms with Gasteiger partial charge in [0.1, 0.15) is 0 Å². The van der Waals surface area contributed by atoms with Crippen LogP contribution in [0.5, 0.6) is 0 Å². The van der Waals surface area contributed by atoms with Gasteiger partial charge in [0.2, 0.25) is 11.8 Å². The number of amides is 2. The Balaban J connectivity index is 3.75. The highest BCUT2D eigenvalue weighted by atomic mass is 16.2. The van der Waals surface area contributed by atoms with Crippen molar-refractivity contribution in [2.45, 2.75) is 13.3 Å². The summed E-state index contributed by atoms with van der Waals surface area (Å²) >= 11 is 0. The lowest BCUT2D eigenvalue weighted by Gasteiger charge is -2.17. The van der Waals surface area contributed by atoms with Gasteiger partial charge in [0, 0.05) is 20.0 Å². The molecule has 5 heteroatoms. The van der Waals surface area contributed by atoms with Crippen molar-refractivity contribution in [2.75, 3.05) is 26.7 Å². The Morgan fingerprint density at radius 2 is 2.08 bits per heavy atom. The minimum absolute atomic E-state index is 0.0497. The van der Waals surface area contributed by atoms with Crippen LogP contribution in [0, 0.1) is 0 Å². The topological polar surface area (TPSA) is 75.4 Å². The molecule has 0 bridgehead atoms. The van der Waals surface area contributed by atoms with E-state index in [1.165, 1.54) is 0 Å². The highest BCUT2D eigenvalue weighted by molar-refractivity contribution is 5.78. The zero-order chi connectivity index (χ0) is 10.3. The van der Waals surface area contributed by atoms with Crippen LogP contribution < -0.4 is 11.1 Å². The molecule has 0 unspecified atom stereocenters. The molecule has 0 aromatic heterocycles. The molecule has 0 saturated heterocycles. The number of nitrogens with two attached hydrogens (primary N) is 1. The van der Waals surface area contributed by atoms with Crippen molar-refractivity contribution in [3.8, 4) is 0 Å². The fourth-order valence-electron chi connectivity index (χ4n) is 0.899. The molecule has 3 N–H and O–H groups in total. The van der Waals surface area contributed by atoms with Crippen molar-refractivity contribution in [3.05, 3.63) is 0 Å². The molecule has 0 aromatic carbocycles. The molecule has 0 aliphatic heterocycles. The average molecular weight is 187 g/mol. The van der Waals surface area contributed by atoms with Gasteiger partial charge < -0.3 is 11.1 Å². The molecule has 0 radical (unpaired) electrons. The summed E-state index contributed by atoms with van der Waals surface area (Å²) in [4.78, 5) is 23.3. The molecule has 0 spiro atoms. The molecule has 0 atom stereocenters. The normalized spacial score (nSPS) is 10.1. The van der Waals surface area contributed by atoms with Crippen molar-refractivity contribution >= 4 is 11.8 Å². The van der Waals surface area contributed by atoms with Crippen LogP contribution in [-0.4, -0.2) is 43.4 Å². The van der Waals surface area contributed by atoms with Crippen LogP contribution in [0.25, 0.3) is 0 Å². The van der Waals surface area contributed by atoms with E-state index in [0.29, 0.717) is 19.5 Å². The van der Waals surface area contributed by atoms with Crippen molar-refractivity contribution in [1.82, 2.24) is 10.2 Å². The van der Waals surface area contributed by atoms with Crippen LogP contribution in [-0.2, 0) is 9.59 Å². The highest BCUT2D eigenvalue weighted by Crippen LogP contribution is 1.90. The zero-order valence-electron chi connectivity index (χ0n) is 8.17. The first-order chi connectivity index (χ1) is 6.10. The van der Waals surface area contributed by atoms with E-state index in [-0.39, 0.29) is 11.8 Å². The molecular weight excluding hydrogens is 170 g/mol. The predicted molar refractivity (Wildman–Crippen MR) is 50.0 cm³/mol. The van der Waals surface area contributed by atoms with Crippen LogP contribution in [0.2, 0.25) is 0 Å². The van der Waals surface area contributed by atoms with Gasteiger partial charge in [0.25, 0.3) is 0 Å². The lowest BCUT2D eigenvalue weighted by molar-refractivity contribution is -0.123. The summed E-state index contributed by atoms with van der Waals surface area (Å²) < 4.78 is 0. The van der Waals surface area contributed by atoms with E-state index >= 15 is 0 Å². The van der Waals surface area contributed by atoms with Gasteiger partial charge in [0.15, 0.2) is 0 Å². The zero-order valence-corrected chi connectivity index (χ0v) is 8.17. The Labute approximate surface area is 78.3 Å². The first kappa shape index (κ1) is 11.9. The van der Waals surface area contributed by atoms with E-state index in [1.54, 1.807) is 7.05 Å². The summed E-state index contributed by atoms with van der Waals surface area (Å²) in [5.41, 5.74) is 4.99. The molecule has 2 amide bonds. The van der Waals surface area contributed by atoms with Gasteiger partial charge in [0.05, 0.1) is 6.54 Å². The van der Waals surface area contributed by atoms with E-state index in [4.69, 9.17) is 5.73 Å². The third-order valence-electron chi connectivity index (χ3n) is 1.77. The molecule has 0 aromatic rings. The van der Waals surface area contributed by atoms with Gasteiger partial charge in [-0.15, -0.1) is 0 Å². The molecule has 0 aliphatic carbocycles. The fraction of sp³-hybridized carbons (Fsp3) is 0.750. The van der Waals surface area contributed by atoms with Gasteiger partial charge in [-0.25, -0.2) is 0 Å². The van der Waals surface area contributed by atoms with Crippen molar-refractivity contribution < 1.29 is 9.59 Å². The number of primary amides is 1. The maximum atomic E-state index is 11.0. The monoisotopic (exact) mass is 187 g/mol. The SMILES string of the molecule is CCN(CCC(N)=O)CC(=O)NC. The third kappa shape index (κ3) is 6.10. The number of hydrogen-bond donors (Lipinski definition) is 2. The number of nitrogens with zero attached hydrogens (tertiary/aromatic N) is 1. The van der Waals surface area contributed by atoms with Gasteiger partial charge in [-0.2, -0.15) is 0 Å². The largest absolute Gasteiger partial charge is 0.370 e. The molecule has 5 nitrogen and oxygen atoms in total. The van der Waals surface area contributed by atoms with Crippen LogP contribution in [0.1, 0.15) is 13.3 Å². The maximum Gasteiger partial charge on any atom is 0.233 e. The summed E-state index contributed by atoms with van der Waals surface area (Å²) in [6.45, 7) is 3.53. The summed E-state index contributed by atoms with van der Waals surface area (Å²) in [6, 6.07) is 0. The Kier molecular flexibility index (Phi) is 5.88. The van der Waals surface area contributed by atoms with Gasteiger partial charge >= 0.3 is 0 Å². The number of hydrogen-bond acceptors (Lipinski definition) is 3. The number of likely N-dealkylation sites (N-methyl/N-ethyl adjacent to an activating group) is 2. The second-order valence-corrected chi connectivity index (χ2v) is 2.76. The van der Waals surface area contributed by atoms with Crippen LogP contribution in [0.4, 0.5) is 0 Å². The molecule has 0 saturated carbocycles. The first-order valence-electron chi connectivity index (χ1n) is 4.31. The van der Waals surface area contributed by atoms with Gasteiger partial charge in [-0.05, 0) is 6.54 Å². The summed E-state index contributed by atoms with van der Waals surface area (Å²) in [5.74, 6) is -0.387. The van der Waals surface area contributed by atoms with E-state index < -0.39 is 0 Å². The smallest absolute Gasteiger partial charge is 0.233 e. The highest BCUT2D eigenvalue weighted by Gasteiger charge is 2.07. The Bertz CT molecular complexity index is 182. The van der Waals surface area contributed by atoms with Crippen molar-refractivity contribution in [2.24, 2.45) is 5.73 Å². The average Bonchev–Trinajstić information content (AvgIpc) is 2.11. The minimum Gasteiger partial charge on any atom is -0.370 e. The summed E-state index contributed by atoms with van der Waals surface area (Å²) in [5, 5.41) is 2.52. The van der Waals surface area contributed by atoms with E-state index in [2.05, 4.69) is 5.32 Å². The summed E-state index contributed by atoms with van der Waals surface area (Å²) in [7, 11) is 1.59. The number of carbonyl (C=O) groups is 2. The number of nitrogens with one attached hydrogen (secondary N) is 1. The maximum absolute atomic E-state index is 11.0. The quantitative estimate of drug-likeness (QED) is 0.556. The Hall–Kier alpha value is -1.10. The lowest BCUT2D eigenvalue weighted by Crippen LogP contribution is -2.37. The Morgan fingerprint density at radius 1 is 1.46 bits per heavy atom. The lowest BCUT2D eigenvalue weighted by atomic mass is 10.3. The number of rotatable bonds is 6. The van der Waals surface area contributed by atoms with E-state index in [1.807, 2.05) is 11.8 Å². The van der Waals surface area contributed by atoms with Crippen LogP contribution >= 0.6 is 0 Å². The second kappa shape index (κ2) is 6.42. The predicted octanol–water partition coefficient (Wildman–Crippen LogP) is -1.07. The molecule has 0 rings (SSSR count). The molecular formula is C8H17N3O2. The molecule has 0 heterocycles. The van der Waals surface area contributed by atoms with E-state index in [9.17, 15) is 9.59 Å². The van der Waals surface area contributed by atoms with Gasteiger partial charge in [-0.3, -0.25) is 14.5 Å². The Morgan fingerprint density at radius 3 is 2.46 bits per heavy atom. The number of carbonyl (C=O) groups excluding carboxylic acids is 2. The van der Waals surface area contributed by atoms with Crippen LogP contribution in [0.3, 0.4) is 0 Å². The standard InChI is InChI=1S/C8H17N3O2/c1-3-11(5-4-7(9)12)6-8(13)10-2/h3-6H2,1-2H3,(H2,9,12)(H,10,13). The first-order valence-corrected chi connectivity index (χ1v) is 4.31. The minimum atomic E-state index is -0.338.